The summed E-state index contributed by atoms with van der Waals surface area (Å²) in [6.07, 6.45) is -4.23. The highest BCUT2D eigenvalue weighted by molar-refractivity contribution is 5.89. The van der Waals surface area contributed by atoms with Gasteiger partial charge in [0, 0.05) is 58.3 Å². The lowest BCUT2D eigenvalue weighted by atomic mass is 9.52. The van der Waals surface area contributed by atoms with E-state index in [1.54, 1.807) is 40.7 Å². The van der Waals surface area contributed by atoms with Crippen LogP contribution in [0.4, 0.5) is 0 Å². The fourth-order valence-corrected chi connectivity index (χ4v) is 7.93. The zero-order valence-corrected chi connectivity index (χ0v) is 28.0. The van der Waals surface area contributed by atoms with Crippen molar-refractivity contribution in [1.29, 1.82) is 0 Å². The molecule has 1 unspecified atom stereocenters. The highest BCUT2D eigenvalue weighted by Crippen LogP contribution is 2.66. The monoisotopic (exact) mass is 650 g/mol. The summed E-state index contributed by atoms with van der Waals surface area (Å²) in [5.74, 6) is -5.39. The summed E-state index contributed by atoms with van der Waals surface area (Å²) in [6.45, 7) is 13.9. The molecule has 1 spiro atoms. The number of ether oxygens (including phenoxy) is 7. The number of rotatable bonds is 8. The minimum atomic E-state index is -1.53. The van der Waals surface area contributed by atoms with Crippen molar-refractivity contribution in [2.75, 3.05) is 0 Å². The molecule has 13 heteroatoms. The number of hydrogen-bond donors (Lipinski definition) is 0. The Kier molecular flexibility index (Phi) is 9.97. The van der Waals surface area contributed by atoms with E-state index in [-0.39, 0.29) is 25.7 Å². The van der Waals surface area contributed by atoms with E-state index in [1.165, 1.54) is 20.8 Å². The van der Waals surface area contributed by atoms with Crippen molar-refractivity contribution in [1.82, 2.24) is 0 Å². The minimum absolute atomic E-state index is 0.00151. The number of carbonyl (C=O) groups is 6. The number of fused-ring (bicyclic) bond motifs is 1. The van der Waals surface area contributed by atoms with Crippen LogP contribution in [-0.4, -0.2) is 83.6 Å². The van der Waals surface area contributed by atoms with Crippen LogP contribution in [0.3, 0.4) is 0 Å². The molecular formula is C33H46O13. The van der Waals surface area contributed by atoms with Crippen molar-refractivity contribution in [3.8, 4) is 0 Å². The highest BCUT2D eigenvalue weighted by atomic mass is 16.7. The van der Waals surface area contributed by atoms with Crippen LogP contribution in [-0.2, 0) is 61.9 Å². The smallest absolute Gasteiger partial charge is 0.342 e. The molecule has 13 nitrogen and oxygen atoms in total. The maximum Gasteiger partial charge on any atom is 0.342 e. The average Bonchev–Trinajstić information content (AvgIpc) is 3.53. The Morgan fingerprint density at radius 2 is 1.46 bits per heavy atom. The molecule has 1 saturated carbocycles. The van der Waals surface area contributed by atoms with Crippen LogP contribution in [0.2, 0.25) is 0 Å². The van der Waals surface area contributed by atoms with Crippen molar-refractivity contribution in [2.24, 2.45) is 17.3 Å². The Balaban J connectivity index is 2.07. The van der Waals surface area contributed by atoms with Gasteiger partial charge in [-0.05, 0) is 26.3 Å². The Bertz CT molecular complexity index is 1310. The quantitative estimate of drug-likeness (QED) is 0.162. The molecule has 4 aliphatic rings. The summed E-state index contributed by atoms with van der Waals surface area (Å²) < 4.78 is 42.2. The molecular weight excluding hydrogens is 604 g/mol. The van der Waals surface area contributed by atoms with Gasteiger partial charge < -0.3 is 33.2 Å². The van der Waals surface area contributed by atoms with Crippen LogP contribution < -0.4 is 0 Å². The van der Waals surface area contributed by atoms with E-state index in [0.717, 1.165) is 0 Å². The van der Waals surface area contributed by atoms with Crippen LogP contribution in [0.25, 0.3) is 0 Å². The third kappa shape index (κ3) is 6.02. The first-order valence-corrected chi connectivity index (χ1v) is 15.9. The van der Waals surface area contributed by atoms with Gasteiger partial charge in [0.15, 0.2) is 17.3 Å². The second-order valence-electron chi connectivity index (χ2n) is 13.3. The zero-order valence-electron chi connectivity index (χ0n) is 28.0. The summed E-state index contributed by atoms with van der Waals surface area (Å²) in [6, 6.07) is 0. The Morgan fingerprint density at radius 3 is 2.00 bits per heavy atom. The number of carbonyl (C=O) groups excluding carboxylic acids is 6. The lowest BCUT2D eigenvalue weighted by Gasteiger charge is -2.57. The van der Waals surface area contributed by atoms with Gasteiger partial charge in [-0.3, -0.25) is 24.0 Å². The van der Waals surface area contributed by atoms with Gasteiger partial charge in [0.2, 0.25) is 0 Å². The van der Waals surface area contributed by atoms with Crippen LogP contribution in [0.15, 0.2) is 11.6 Å². The predicted molar refractivity (Wildman–Crippen MR) is 157 cm³/mol. The van der Waals surface area contributed by atoms with Gasteiger partial charge in [0.1, 0.15) is 30.5 Å². The lowest BCUT2D eigenvalue weighted by Crippen LogP contribution is -2.68. The van der Waals surface area contributed by atoms with Crippen LogP contribution >= 0.6 is 0 Å². The van der Waals surface area contributed by atoms with Gasteiger partial charge in [-0.15, -0.1) is 0 Å². The van der Waals surface area contributed by atoms with Crippen molar-refractivity contribution in [3.63, 3.8) is 0 Å². The van der Waals surface area contributed by atoms with E-state index in [4.69, 9.17) is 33.2 Å². The van der Waals surface area contributed by atoms with Crippen molar-refractivity contribution in [2.45, 2.75) is 142 Å². The number of hydrogen-bond acceptors (Lipinski definition) is 13. The maximum absolute atomic E-state index is 13.3. The molecule has 46 heavy (non-hydrogen) atoms. The molecule has 0 aromatic heterocycles. The molecule has 256 valence electrons. The second-order valence-corrected chi connectivity index (χ2v) is 13.3. The molecule has 0 N–H and O–H groups in total. The normalized spacial score (nSPS) is 40.7. The van der Waals surface area contributed by atoms with Crippen LogP contribution in [0.5, 0.6) is 0 Å². The fraction of sp³-hybridized carbons (Fsp3) is 0.758. The molecule has 11 atom stereocenters. The number of esters is 6. The molecule has 0 aromatic rings. The first kappa shape index (κ1) is 35.4. The van der Waals surface area contributed by atoms with Gasteiger partial charge in [0.05, 0.1) is 5.41 Å². The standard InChI is InChI=1S/C33H46O13/c1-10-12-26(38)44-22-13-16(3)14-24-33(32(9,46-33)30(39)45-24)29(42-20(7)36)27-17(4)21(43-25(37)11-2)15-23(40-18(5)34)31(27,8)28(22)41-19(6)35/h14,17,21-24,27-29H,10-13,15H2,1-9H3/b16-14-/t17-,21-,22-,23-,24-,27+,28+,29?,31-,32-,33-/m0/s1. The summed E-state index contributed by atoms with van der Waals surface area (Å²) in [4.78, 5) is 77.5. The van der Waals surface area contributed by atoms with Crippen molar-refractivity contribution < 1.29 is 61.9 Å². The first-order valence-electron chi connectivity index (χ1n) is 15.9. The third-order valence-corrected chi connectivity index (χ3v) is 10.00. The SMILES string of the molecule is CCCC(=O)O[C@H]1C/C(C)=C\[C@@H]2OC(=O)[C@]3(C)O[C@]23C(OC(C)=O)[C@H]2[C@@H](C)[C@@H](OC(=O)CC)C[C@H](OC(C)=O)[C@]2(C)[C@@H]1OC(C)=O. The third-order valence-electron chi connectivity index (χ3n) is 10.00. The average molecular weight is 651 g/mol. The lowest BCUT2D eigenvalue weighted by molar-refractivity contribution is -0.248. The van der Waals surface area contributed by atoms with E-state index >= 15 is 0 Å². The van der Waals surface area contributed by atoms with E-state index in [2.05, 4.69) is 0 Å². The van der Waals surface area contributed by atoms with E-state index in [0.29, 0.717) is 12.0 Å². The highest BCUT2D eigenvalue weighted by Gasteiger charge is 2.87. The molecule has 0 aromatic carbocycles. The van der Waals surface area contributed by atoms with Crippen LogP contribution in [0.1, 0.15) is 94.4 Å². The summed E-state index contributed by atoms with van der Waals surface area (Å²) >= 11 is 0. The van der Waals surface area contributed by atoms with Gasteiger partial charge in [-0.2, -0.15) is 0 Å². The van der Waals surface area contributed by atoms with Gasteiger partial charge in [0.25, 0.3) is 0 Å². The van der Waals surface area contributed by atoms with Gasteiger partial charge in [-0.1, -0.05) is 33.3 Å². The Hall–Kier alpha value is -3.48. The molecule has 0 radical (unpaired) electrons. The van der Waals surface area contributed by atoms with Crippen molar-refractivity contribution in [3.05, 3.63) is 11.6 Å². The topological polar surface area (TPSA) is 170 Å². The summed E-state index contributed by atoms with van der Waals surface area (Å²) in [5.41, 5.74) is -3.89. The van der Waals surface area contributed by atoms with Crippen LogP contribution in [0, 0.1) is 17.3 Å². The van der Waals surface area contributed by atoms with Gasteiger partial charge >= 0.3 is 35.8 Å². The molecule has 4 rings (SSSR count). The molecule has 2 aliphatic carbocycles. The second kappa shape index (κ2) is 13.0. The molecule has 0 amide bonds. The molecule has 2 heterocycles. The maximum atomic E-state index is 13.3. The summed E-state index contributed by atoms with van der Waals surface area (Å²) in [7, 11) is 0. The molecule has 3 fully saturated rings. The van der Waals surface area contributed by atoms with Gasteiger partial charge in [-0.25, -0.2) is 4.79 Å². The molecule has 0 bridgehead atoms. The van der Waals surface area contributed by atoms with E-state index in [1.807, 2.05) is 6.92 Å². The largest absolute Gasteiger partial charge is 0.462 e. The van der Waals surface area contributed by atoms with Crippen molar-refractivity contribution >= 4 is 35.8 Å². The Morgan fingerprint density at radius 1 is 0.870 bits per heavy atom. The molecule has 2 aliphatic heterocycles. The minimum Gasteiger partial charge on any atom is -0.462 e. The predicted octanol–water partition coefficient (Wildman–Crippen LogP) is 3.28. The zero-order chi connectivity index (χ0) is 34.4. The Labute approximate surface area is 268 Å². The first-order chi connectivity index (χ1) is 21.5. The van der Waals surface area contributed by atoms with E-state index < -0.39 is 101 Å². The number of epoxide rings is 1. The summed E-state index contributed by atoms with van der Waals surface area (Å²) in [5, 5.41) is 0. The molecule has 2 saturated heterocycles. The van der Waals surface area contributed by atoms with E-state index in [9.17, 15) is 28.8 Å². The fourth-order valence-electron chi connectivity index (χ4n) is 7.93.